The fourth-order valence-corrected chi connectivity index (χ4v) is 5.18. The first-order valence-electron chi connectivity index (χ1n) is 8.16. The summed E-state index contributed by atoms with van der Waals surface area (Å²) in [4.78, 5) is 24.6. The summed E-state index contributed by atoms with van der Waals surface area (Å²) in [5.74, 6) is 0.828. The Morgan fingerprint density at radius 2 is 2.12 bits per heavy atom. The number of nitrogens with zero attached hydrogens (tertiary/aromatic N) is 4. The molecule has 2 aromatic heterocycles. The van der Waals surface area contributed by atoms with Gasteiger partial charge in [0.25, 0.3) is 0 Å². The molecule has 1 aliphatic carbocycles. The zero-order chi connectivity index (χ0) is 17.7. The monoisotopic (exact) mass is 361 g/mol. The predicted molar refractivity (Wildman–Crippen MR) is 93.5 cm³/mol. The zero-order valence-electron chi connectivity index (χ0n) is 13.8. The number of nitrogens with one attached hydrogen (secondary N) is 1. The molecule has 0 radical (unpaired) electrons. The Hall–Kier alpha value is -2.26. The fraction of sp³-hybridized carbons (Fsp3) is 0.438. The molecule has 9 heteroatoms. The predicted octanol–water partition coefficient (Wildman–Crippen LogP) is 1.04. The number of carbonyl (C=O) groups is 1. The van der Waals surface area contributed by atoms with Crippen molar-refractivity contribution in [1.82, 2.24) is 19.3 Å². The lowest BCUT2D eigenvalue weighted by atomic mass is 10.2. The second kappa shape index (κ2) is 5.63. The quantitative estimate of drug-likeness (QED) is 0.645. The van der Waals surface area contributed by atoms with Gasteiger partial charge >= 0.3 is 0 Å². The highest BCUT2D eigenvalue weighted by molar-refractivity contribution is 7.93. The molecule has 0 aromatic carbocycles. The first-order chi connectivity index (χ1) is 12.0. The molecule has 1 spiro atoms. The molecule has 1 saturated carbocycles. The van der Waals surface area contributed by atoms with Crippen LogP contribution in [-0.2, 0) is 14.8 Å². The minimum atomic E-state index is -3.61. The number of H-pyrrole nitrogens is 1. The molecule has 0 amide bonds. The Morgan fingerprint density at radius 3 is 2.84 bits per heavy atom. The van der Waals surface area contributed by atoms with Crippen LogP contribution in [-0.4, -0.2) is 59.1 Å². The molecule has 1 aliphatic heterocycles. The highest BCUT2D eigenvalue weighted by Gasteiger charge is 2.56. The Labute approximate surface area is 145 Å². The zero-order valence-corrected chi connectivity index (χ0v) is 14.7. The number of rotatable bonds is 4. The van der Waals surface area contributed by atoms with E-state index in [1.807, 2.05) is 12.3 Å². The number of aromatic nitrogens is 3. The number of sulfonamides is 1. The topological polar surface area (TPSA) is 99.3 Å². The molecule has 2 fully saturated rings. The first kappa shape index (κ1) is 16.2. The Bertz CT molecular complexity index is 961. The molecule has 1 N–H and O–H groups in total. The van der Waals surface area contributed by atoms with E-state index in [1.165, 1.54) is 13.3 Å². The van der Waals surface area contributed by atoms with E-state index >= 15 is 0 Å². The smallest absolute Gasteiger partial charge is 0.239 e. The minimum absolute atomic E-state index is 0.0947. The van der Waals surface area contributed by atoms with Gasteiger partial charge in [0.05, 0.1) is 15.8 Å². The standard InChI is InChI=1S/C16H19N5O3S/c1-12(3-9-22)25(23,24)21-8-7-20(10-16(21)4-5-16)15-13-2-6-17-14(13)18-11-19-15/h2-3,6,9,11H,4-5,7-8,10H2,1H3,(H,17,18,19). The lowest BCUT2D eigenvalue weighted by Gasteiger charge is -2.41. The molecule has 2 aliphatic rings. The summed E-state index contributed by atoms with van der Waals surface area (Å²) in [5, 5.41) is 0.937. The van der Waals surface area contributed by atoms with Crippen LogP contribution in [0.3, 0.4) is 0 Å². The van der Waals surface area contributed by atoms with Crippen LogP contribution in [0.1, 0.15) is 19.8 Å². The van der Waals surface area contributed by atoms with Crippen molar-refractivity contribution in [2.45, 2.75) is 25.3 Å². The normalized spacial score (nSPS) is 21.0. The van der Waals surface area contributed by atoms with E-state index < -0.39 is 15.6 Å². The summed E-state index contributed by atoms with van der Waals surface area (Å²) in [6, 6.07) is 1.93. The van der Waals surface area contributed by atoms with E-state index in [0.717, 1.165) is 35.8 Å². The maximum absolute atomic E-state index is 12.8. The largest absolute Gasteiger partial charge is 0.353 e. The van der Waals surface area contributed by atoms with Gasteiger partial charge in [0, 0.05) is 25.8 Å². The van der Waals surface area contributed by atoms with Crippen LogP contribution in [0.4, 0.5) is 5.82 Å². The molecule has 1 saturated heterocycles. The summed E-state index contributed by atoms with van der Waals surface area (Å²) in [6.07, 6.45) is 6.62. The van der Waals surface area contributed by atoms with Crippen LogP contribution in [0, 0.1) is 0 Å². The molecule has 3 heterocycles. The van der Waals surface area contributed by atoms with Crippen LogP contribution in [0.25, 0.3) is 11.0 Å². The van der Waals surface area contributed by atoms with E-state index in [4.69, 9.17) is 0 Å². The second-order valence-corrected chi connectivity index (χ2v) is 8.61. The maximum Gasteiger partial charge on any atom is 0.239 e. The van der Waals surface area contributed by atoms with E-state index in [2.05, 4.69) is 19.9 Å². The highest BCUT2D eigenvalue weighted by Crippen LogP contribution is 2.47. The summed E-state index contributed by atoms with van der Waals surface area (Å²) in [5.41, 5.74) is 0.373. The van der Waals surface area contributed by atoms with Crippen molar-refractivity contribution in [3.8, 4) is 0 Å². The Balaban J connectivity index is 1.65. The van der Waals surface area contributed by atoms with E-state index in [-0.39, 0.29) is 4.91 Å². The molecule has 4 rings (SSSR count). The van der Waals surface area contributed by atoms with Crippen LogP contribution >= 0.6 is 0 Å². The van der Waals surface area contributed by atoms with Gasteiger partial charge in [0.2, 0.25) is 10.0 Å². The fourth-order valence-electron chi connectivity index (χ4n) is 3.54. The molecule has 0 bridgehead atoms. The van der Waals surface area contributed by atoms with Crippen molar-refractivity contribution in [1.29, 1.82) is 0 Å². The molecule has 0 unspecified atom stereocenters. The van der Waals surface area contributed by atoms with Gasteiger partial charge in [-0.2, -0.15) is 4.31 Å². The minimum Gasteiger partial charge on any atom is -0.353 e. The first-order valence-corrected chi connectivity index (χ1v) is 9.60. The Morgan fingerprint density at radius 1 is 1.32 bits per heavy atom. The van der Waals surface area contributed by atoms with Gasteiger partial charge in [0.1, 0.15) is 24.1 Å². The van der Waals surface area contributed by atoms with E-state index in [0.29, 0.717) is 25.9 Å². The third kappa shape index (κ3) is 2.54. The number of fused-ring (bicyclic) bond motifs is 1. The maximum atomic E-state index is 12.8. The molecular weight excluding hydrogens is 342 g/mol. The number of aromatic amines is 1. The number of allylic oxidation sites excluding steroid dienone is 2. The average Bonchev–Trinajstić information content (AvgIpc) is 3.17. The molecule has 8 nitrogen and oxygen atoms in total. The Kier molecular flexibility index (Phi) is 3.66. The third-order valence-corrected chi connectivity index (χ3v) is 7.15. The van der Waals surface area contributed by atoms with Gasteiger partial charge in [0.15, 0.2) is 0 Å². The average molecular weight is 361 g/mol. The number of carbonyl (C=O) groups excluding carboxylic acids is 1. The highest BCUT2D eigenvalue weighted by atomic mass is 32.2. The summed E-state index contributed by atoms with van der Waals surface area (Å²) in [6.45, 7) is 2.99. The van der Waals surface area contributed by atoms with Crippen molar-refractivity contribution >= 4 is 33.2 Å². The van der Waals surface area contributed by atoms with Crippen molar-refractivity contribution < 1.29 is 13.2 Å². The van der Waals surface area contributed by atoms with Crippen LogP contribution in [0.5, 0.6) is 0 Å². The van der Waals surface area contributed by atoms with E-state index in [1.54, 1.807) is 4.31 Å². The summed E-state index contributed by atoms with van der Waals surface area (Å²) >= 11 is 0. The number of hydrogen-bond acceptors (Lipinski definition) is 6. The molecule has 2 aromatic rings. The number of hydrogen-bond donors (Lipinski definition) is 1. The number of piperazine rings is 1. The van der Waals surface area contributed by atoms with Gasteiger partial charge in [-0.3, -0.25) is 4.79 Å². The van der Waals surface area contributed by atoms with Gasteiger partial charge in [-0.15, -0.1) is 0 Å². The summed E-state index contributed by atoms with van der Waals surface area (Å²) < 4.78 is 27.2. The van der Waals surface area contributed by atoms with Crippen LogP contribution in [0.15, 0.2) is 29.6 Å². The van der Waals surface area contributed by atoms with Crippen LogP contribution < -0.4 is 4.90 Å². The molecule has 25 heavy (non-hydrogen) atoms. The molecule has 132 valence electrons. The van der Waals surface area contributed by atoms with Crippen molar-refractivity contribution in [2.24, 2.45) is 0 Å². The van der Waals surface area contributed by atoms with E-state index in [9.17, 15) is 13.2 Å². The van der Waals surface area contributed by atoms with Crippen molar-refractivity contribution in [2.75, 3.05) is 24.5 Å². The van der Waals surface area contributed by atoms with Crippen LogP contribution in [0.2, 0.25) is 0 Å². The SMILES string of the molecule is CC(=CC=O)S(=O)(=O)N1CCN(c2ncnc3[nH]ccc23)CC12CC2. The van der Waals surface area contributed by atoms with Gasteiger partial charge in [-0.25, -0.2) is 18.4 Å². The second-order valence-electron chi connectivity index (χ2n) is 6.57. The van der Waals surface area contributed by atoms with Crippen molar-refractivity contribution in [3.05, 3.63) is 29.6 Å². The lowest BCUT2D eigenvalue weighted by molar-refractivity contribution is -0.104. The van der Waals surface area contributed by atoms with Crippen molar-refractivity contribution in [3.63, 3.8) is 0 Å². The molecule has 0 atom stereocenters. The summed E-state index contributed by atoms with van der Waals surface area (Å²) in [7, 11) is -3.61. The number of aldehydes is 1. The molecular formula is C16H19N5O3S. The third-order valence-electron chi connectivity index (χ3n) is 5.05. The van der Waals surface area contributed by atoms with Gasteiger partial charge in [-0.05, 0) is 31.9 Å². The van der Waals surface area contributed by atoms with Gasteiger partial charge in [-0.1, -0.05) is 0 Å². The lowest BCUT2D eigenvalue weighted by Crippen LogP contribution is -2.57. The number of anilines is 1. The van der Waals surface area contributed by atoms with Gasteiger partial charge < -0.3 is 9.88 Å².